The van der Waals surface area contributed by atoms with E-state index in [-0.39, 0.29) is 35.8 Å². The highest BCUT2D eigenvalue weighted by molar-refractivity contribution is 7.90. The Hall–Kier alpha value is -0.420. The van der Waals surface area contributed by atoms with Crippen molar-refractivity contribution in [2.75, 3.05) is 12.0 Å². The van der Waals surface area contributed by atoms with Crippen LogP contribution in [0.15, 0.2) is 0 Å². The van der Waals surface area contributed by atoms with Gasteiger partial charge in [0, 0.05) is 25.1 Å². The van der Waals surface area contributed by atoms with Crippen molar-refractivity contribution in [1.82, 2.24) is 0 Å². The van der Waals surface area contributed by atoms with Crippen molar-refractivity contribution in [1.29, 1.82) is 0 Å². The molecule has 0 heterocycles. The van der Waals surface area contributed by atoms with Crippen molar-refractivity contribution in [2.24, 2.45) is 11.1 Å². The van der Waals surface area contributed by atoms with Crippen LogP contribution in [-0.4, -0.2) is 32.3 Å². The first-order chi connectivity index (χ1) is 6.99. The number of carbonyl (C=O) groups excluding carboxylic acids is 1. The van der Waals surface area contributed by atoms with Crippen molar-refractivity contribution < 1.29 is 13.2 Å². The van der Waals surface area contributed by atoms with Crippen LogP contribution < -0.4 is 5.73 Å². The molecule has 1 unspecified atom stereocenters. The molecule has 0 fully saturated rings. The summed E-state index contributed by atoms with van der Waals surface area (Å²) in [5, 5.41) is 0. The molecule has 2 N–H and O–H groups in total. The van der Waals surface area contributed by atoms with Gasteiger partial charge in [0.25, 0.3) is 0 Å². The average molecular weight is 249 g/mol. The van der Waals surface area contributed by atoms with Crippen molar-refractivity contribution in [2.45, 2.75) is 46.1 Å². The van der Waals surface area contributed by atoms with Crippen LogP contribution in [-0.2, 0) is 14.6 Å². The molecule has 4 nitrogen and oxygen atoms in total. The van der Waals surface area contributed by atoms with Gasteiger partial charge in [-0.2, -0.15) is 0 Å². The fraction of sp³-hybridized carbons (Fsp3) is 0.909. The van der Waals surface area contributed by atoms with Gasteiger partial charge in [-0.15, -0.1) is 0 Å². The lowest BCUT2D eigenvalue weighted by molar-refractivity contribution is -0.119. The van der Waals surface area contributed by atoms with Gasteiger partial charge in [-0.05, 0) is 11.8 Å². The van der Waals surface area contributed by atoms with Gasteiger partial charge >= 0.3 is 0 Å². The second-order valence-electron chi connectivity index (χ2n) is 5.65. The zero-order valence-corrected chi connectivity index (χ0v) is 11.4. The summed E-state index contributed by atoms with van der Waals surface area (Å²) in [5.41, 5.74) is 5.92. The maximum Gasteiger partial charge on any atom is 0.147 e. The monoisotopic (exact) mass is 249 g/mol. The predicted octanol–water partition coefficient (Wildman–Crippen LogP) is 1.14. The molecule has 5 heteroatoms. The zero-order chi connectivity index (χ0) is 13.0. The molecular weight excluding hydrogens is 226 g/mol. The number of sulfone groups is 1. The molecular formula is C11H23NO3S. The summed E-state index contributed by atoms with van der Waals surface area (Å²) in [5.74, 6) is -0.143. The van der Waals surface area contributed by atoms with Gasteiger partial charge in [0.15, 0.2) is 0 Å². The van der Waals surface area contributed by atoms with E-state index in [1.165, 1.54) is 0 Å². The summed E-state index contributed by atoms with van der Waals surface area (Å²) >= 11 is 0. The van der Waals surface area contributed by atoms with E-state index in [4.69, 9.17) is 5.73 Å². The van der Waals surface area contributed by atoms with E-state index in [1.54, 1.807) is 0 Å². The van der Waals surface area contributed by atoms with Crippen molar-refractivity contribution in [3.05, 3.63) is 0 Å². The molecule has 0 amide bonds. The maximum atomic E-state index is 11.4. The first kappa shape index (κ1) is 15.6. The Kier molecular flexibility index (Phi) is 5.62. The third-order valence-corrected chi connectivity index (χ3v) is 3.06. The molecule has 0 aliphatic rings. The summed E-state index contributed by atoms with van der Waals surface area (Å²) in [6.45, 7) is 6.19. The van der Waals surface area contributed by atoms with Crippen LogP contribution in [0.4, 0.5) is 0 Å². The molecule has 0 saturated heterocycles. The van der Waals surface area contributed by atoms with Crippen molar-refractivity contribution in [3.8, 4) is 0 Å². The maximum absolute atomic E-state index is 11.4. The molecule has 0 rings (SSSR count). The van der Waals surface area contributed by atoms with Gasteiger partial charge in [-0.1, -0.05) is 20.8 Å². The van der Waals surface area contributed by atoms with E-state index in [9.17, 15) is 13.2 Å². The second kappa shape index (κ2) is 5.77. The lowest BCUT2D eigenvalue weighted by atomic mass is 9.86. The minimum absolute atomic E-state index is 0.0674. The Labute approximate surface area is 98.5 Å². The summed E-state index contributed by atoms with van der Waals surface area (Å²) in [6.07, 6.45) is 2.25. The molecule has 0 saturated carbocycles. The standard InChI is InChI=1S/C11H23NO3S/c1-11(2,3)8-9(12)7-10(13)5-6-16(4,14)15/h9H,5-8,12H2,1-4H3. The summed E-state index contributed by atoms with van der Waals surface area (Å²) < 4.78 is 21.7. The molecule has 0 aliphatic carbocycles. The van der Waals surface area contributed by atoms with Crippen LogP contribution in [0.3, 0.4) is 0 Å². The first-order valence-corrected chi connectivity index (χ1v) is 7.51. The van der Waals surface area contributed by atoms with E-state index < -0.39 is 9.84 Å². The molecule has 0 aromatic heterocycles. The third-order valence-electron chi connectivity index (χ3n) is 2.12. The molecule has 0 bridgehead atoms. The molecule has 1 atom stereocenters. The highest BCUT2D eigenvalue weighted by Gasteiger charge is 2.18. The Balaban J connectivity index is 3.97. The topological polar surface area (TPSA) is 77.2 Å². The molecule has 0 aromatic carbocycles. The Morgan fingerprint density at radius 2 is 1.81 bits per heavy atom. The molecule has 16 heavy (non-hydrogen) atoms. The van der Waals surface area contributed by atoms with Crippen molar-refractivity contribution in [3.63, 3.8) is 0 Å². The van der Waals surface area contributed by atoms with Crippen LogP contribution in [0.2, 0.25) is 0 Å². The first-order valence-electron chi connectivity index (χ1n) is 5.44. The summed E-state index contributed by atoms with van der Waals surface area (Å²) in [7, 11) is -3.05. The van der Waals surface area contributed by atoms with Gasteiger partial charge in [-0.3, -0.25) is 4.79 Å². The van der Waals surface area contributed by atoms with Crippen LogP contribution in [0, 0.1) is 5.41 Å². The number of nitrogens with two attached hydrogens (primary N) is 1. The fourth-order valence-corrected chi connectivity index (χ4v) is 2.15. The smallest absolute Gasteiger partial charge is 0.147 e. The van der Waals surface area contributed by atoms with E-state index in [0.717, 1.165) is 12.7 Å². The quantitative estimate of drug-likeness (QED) is 0.766. The number of ketones is 1. The summed E-state index contributed by atoms with van der Waals surface area (Å²) in [6, 6.07) is -0.174. The minimum Gasteiger partial charge on any atom is -0.327 e. The number of hydrogen-bond donors (Lipinski definition) is 1. The van der Waals surface area contributed by atoms with E-state index in [1.807, 2.05) is 0 Å². The highest BCUT2D eigenvalue weighted by Crippen LogP contribution is 2.21. The van der Waals surface area contributed by atoms with E-state index >= 15 is 0 Å². The molecule has 0 aliphatic heterocycles. The highest BCUT2D eigenvalue weighted by atomic mass is 32.2. The number of Topliss-reactive ketones (excluding diaryl/α,β-unsaturated/α-hetero) is 1. The number of rotatable bonds is 6. The average Bonchev–Trinajstić information content (AvgIpc) is 1.95. The van der Waals surface area contributed by atoms with Gasteiger partial charge < -0.3 is 5.73 Å². The summed E-state index contributed by atoms with van der Waals surface area (Å²) in [4.78, 5) is 11.4. The molecule has 0 spiro atoms. The van der Waals surface area contributed by atoms with Crippen LogP contribution in [0.25, 0.3) is 0 Å². The minimum atomic E-state index is -3.05. The lowest BCUT2D eigenvalue weighted by Crippen LogP contribution is -2.29. The molecule has 0 radical (unpaired) electrons. The second-order valence-corrected chi connectivity index (χ2v) is 7.91. The largest absolute Gasteiger partial charge is 0.327 e. The van der Waals surface area contributed by atoms with E-state index in [0.29, 0.717) is 0 Å². The van der Waals surface area contributed by atoms with Crippen molar-refractivity contribution >= 4 is 15.6 Å². The lowest BCUT2D eigenvalue weighted by Gasteiger charge is -2.22. The molecule has 0 aromatic rings. The van der Waals surface area contributed by atoms with Crippen LogP contribution >= 0.6 is 0 Å². The predicted molar refractivity (Wildman–Crippen MR) is 66.0 cm³/mol. The van der Waals surface area contributed by atoms with Gasteiger partial charge in [0.1, 0.15) is 15.6 Å². The SMILES string of the molecule is CC(C)(C)CC(N)CC(=O)CCS(C)(=O)=O. The Morgan fingerprint density at radius 3 is 2.19 bits per heavy atom. The molecule has 96 valence electrons. The van der Waals surface area contributed by atoms with Gasteiger partial charge in [-0.25, -0.2) is 8.42 Å². The third kappa shape index (κ3) is 10.1. The van der Waals surface area contributed by atoms with E-state index in [2.05, 4.69) is 20.8 Å². The number of carbonyl (C=O) groups is 1. The van der Waals surface area contributed by atoms with Crippen LogP contribution in [0.1, 0.15) is 40.0 Å². The Bertz CT molecular complexity index is 328. The normalized spacial score (nSPS) is 14.8. The van der Waals surface area contributed by atoms with Gasteiger partial charge in [0.05, 0.1) is 5.75 Å². The fourth-order valence-electron chi connectivity index (χ4n) is 1.55. The Morgan fingerprint density at radius 1 is 1.31 bits per heavy atom. The zero-order valence-electron chi connectivity index (χ0n) is 10.6. The van der Waals surface area contributed by atoms with Crippen LogP contribution in [0.5, 0.6) is 0 Å². The number of hydrogen-bond acceptors (Lipinski definition) is 4. The van der Waals surface area contributed by atoms with Gasteiger partial charge in [0.2, 0.25) is 0 Å².